The third-order valence-electron chi connectivity index (χ3n) is 3.94. The molecular weight excluding hydrogens is 278 g/mol. The zero-order chi connectivity index (χ0) is 15.7. The number of carboxylic acid groups (broad SMARTS) is 1. The Bertz CT molecular complexity index is 709. The van der Waals surface area contributed by atoms with Crippen LogP contribution in [-0.2, 0) is 11.2 Å². The number of pyridine rings is 1. The highest BCUT2D eigenvalue weighted by molar-refractivity contribution is 5.79. The van der Waals surface area contributed by atoms with Gasteiger partial charge in [-0.2, -0.15) is 0 Å². The van der Waals surface area contributed by atoms with Crippen molar-refractivity contribution < 1.29 is 14.6 Å². The first-order valence-corrected chi connectivity index (χ1v) is 7.52. The third kappa shape index (κ3) is 2.82. The lowest BCUT2D eigenvalue weighted by Gasteiger charge is -2.11. The Hall–Kier alpha value is -2.36. The summed E-state index contributed by atoms with van der Waals surface area (Å²) in [7, 11) is 0. The second-order valence-electron chi connectivity index (χ2n) is 5.92. The smallest absolute Gasteiger partial charge is 0.310 e. The summed E-state index contributed by atoms with van der Waals surface area (Å²) < 4.78 is 5.68. The molecule has 1 aromatic heterocycles. The Morgan fingerprint density at radius 3 is 2.82 bits per heavy atom. The van der Waals surface area contributed by atoms with Gasteiger partial charge in [0.2, 0.25) is 0 Å². The van der Waals surface area contributed by atoms with Crippen LogP contribution in [0.5, 0.6) is 5.75 Å². The van der Waals surface area contributed by atoms with E-state index in [2.05, 4.69) is 11.1 Å². The van der Waals surface area contributed by atoms with Crippen molar-refractivity contribution in [2.75, 3.05) is 0 Å². The van der Waals surface area contributed by atoms with Crippen LogP contribution in [-0.4, -0.2) is 22.2 Å². The Morgan fingerprint density at radius 1 is 1.27 bits per heavy atom. The van der Waals surface area contributed by atoms with Gasteiger partial charge in [-0.15, -0.1) is 0 Å². The average molecular weight is 297 g/mol. The number of hydrogen-bond donors (Lipinski definition) is 1. The first kappa shape index (κ1) is 14.6. The number of fused-ring (bicyclic) bond motifs is 1. The fraction of sp³-hybridized carbons (Fsp3) is 0.333. The fourth-order valence-corrected chi connectivity index (χ4v) is 2.97. The van der Waals surface area contributed by atoms with Gasteiger partial charge in [-0.25, -0.2) is 0 Å². The van der Waals surface area contributed by atoms with Crippen LogP contribution in [0.15, 0.2) is 36.7 Å². The van der Waals surface area contributed by atoms with Crippen molar-refractivity contribution in [2.45, 2.75) is 38.7 Å². The summed E-state index contributed by atoms with van der Waals surface area (Å²) in [6, 6.07) is 7.95. The number of rotatable bonds is 4. The van der Waals surface area contributed by atoms with Crippen LogP contribution in [0.1, 0.15) is 37.3 Å². The van der Waals surface area contributed by atoms with Gasteiger partial charge in [-0.3, -0.25) is 9.78 Å². The van der Waals surface area contributed by atoms with Crippen molar-refractivity contribution >= 4 is 5.97 Å². The van der Waals surface area contributed by atoms with Crippen LogP contribution >= 0.6 is 0 Å². The van der Waals surface area contributed by atoms with Gasteiger partial charge in [0.1, 0.15) is 5.75 Å². The van der Waals surface area contributed by atoms with Gasteiger partial charge in [-0.05, 0) is 49.4 Å². The molecule has 0 spiro atoms. The molecule has 0 saturated carbocycles. The monoisotopic (exact) mass is 297 g/mol. The summed E-state index contributed by atoms with van der Waals surface area (Å²) in [5.74, 6) is -0.352. The molecule has 0 bridgehead atoms. The first-order valence-electron chi connectivity index (χ1n) is 7.52. The number of aromatic nitrogens is 1. The Balaban J connectivity index is 1.92. The number of aryl methyl sites for hydroxylation is 1. The van der Waals surface area contributed by atoms with Crippen LogP contribution in [0.25, 0.3) is 11.1 Å². The van der Waals surface area contributed by atoms with Crippen molar-refractivity contribution in [1.82, 2.24) is 4.98 Å². The van der Waals surface area contributed by atoms with Gasteiger partial charge in [0.15, 0.2) is 0 Å². The lowest BCUT2D eigenvalue weighted by atomic mass is 9.98. The molecule has 0 fully saturated rings. The average Bonchev–Trinajstić information content (AvgIpc) is 2.90. The second-order valence-corrected chi connectivity index (χ2v) is 5.92. The SMILES string of the molecule is CC(C)Oc1cncc(-c2ccc3c(c2)CCC3C(=O)O)c1. The number of benzene rings is 1. The van der Waals surface area contributed by atoms with E-state index >= 15 is 0 Å². The number of hydrogen-bond acceptors (Lipinski definition) is 3. The largest absolute Gasteiger partial charge is 0.489 e. The standard InChI is InChI=1S/C18H19NO3/c1-11(2)22-15-8-14(9-19-10-15)12-3-5-16-13(7-12)4-6-17(16)18(20)21/h3,5,7-11,17H,4,6H2,1-2H3,(H,20,21). The van der Waals surface area contributed by atoms with E-state index in [9.17, 15) is 9.90 Å². The molecule has 1 aromatic carbocycles. The normalized spacial score (nSPS) is 16.6. The molecule has 0 amide bonds. The summed E-state index contributed by atoms with van der Waals surface area (Å²) in [5, 5.41) is 9.24. The quantitative estimate of drug-likeness (QED) is 0.935. The molecule has 0 aliphatic heterocycles. The van der Waals surface area contributed by atoms with E-state index in [1.54, 1.807) is 12.4 Å². The highest BCUT2D eigenvalue weighted by Gasteiger charge is 2.28. The summed E-state index contributed by atoms with van der Waals surface area (Å²) >= 11 is 0. The summed E-state index contributed by atoms with van der Waals surface area (Å²) in [5.41, 5.74) is 4.10. The molecule has 3 rings (SSSR count). The van der Waals surface area contributed by atoms with Gasteiger partial charge in [0.05, 0.1) is 18.2 Å². The zero-order valence-corrected chi connectivity index (χ0v) is 12.7. The molecule has 1 atom stereocenters. The molecule has 22 heavy (non-hydrogen) atoms. The second kappa shape index (κ2) is 5.79. The third-order valence-corrected chi connectivity index (χ3v) is 3.94. The molecule has 4 heteroatoms. The van der Waals surface area contributed by atoms with E-state index in [-0.39, 0.29) is 12.0 Å². The van der Waals surface area contributed by atoms with Crippen LogP contribution in [0.2, 0.25) is 0 Å². The molecule has 0 radical (unpaired) electrons. The van der Waals surface area contributed by atoms with Gasteiger partial charge >= 0.3 is 5.97 Å². The van der Waals surface area contributed by atoms with E-state index in [1.807, 2.05) is 32.0 Å². The Kier molecular flexibility index (Phi) is 3.84. The number of carboxylic acids is 1. The highest BCUT2D eigenvalue weighted by atomic mass is 16.5. The predicted octanol–water partition coefficient (Wildman–Crippen LogP) is 3.65. The molecule has 0 saturated heterocycles. The zero-order valence-electron chi connectivity index (χ0n) is 12.7. The topological polar surface area (TPSA) is 59.4 Å². The minimum atomic E-state index is -0.736. The van der Waals surface area contributed by atoms with Crippen LogP contribution in [0.3, 0.4) is 0 Å². The molecule has 4 nitrogen and oxygen atoms in total. The van der Waals surface area contributed by atoms with Gasteiger partial charge < -0.3 is 9.84 Å². The number of ether oxygens (including phenoxy) is 1. The number of aliphatic carboxylic acids is 1. The molecule has 1 N–H and O–H groups in total. The van der Waals surface area contributed by atoms with Gasteiger partial charge in [-0.1, -0.05) is 18.2 Å². The van der Waals surface area contributed by atoms with Crippen molar-refractivity contribution in [3.8, 4) is 16.9 Å². The summed E-state index contributed by atoms with van der Waals surface area (Å²) in [4.78, 5) is 15.5. The summed E-state index contributed by atoms with van der Waals surface area (Å²) in [6.07, 6.45) is 5.11. The van der Waals surface area contributed by atoms with Crippen molar-refractivity contribution in [3.05, 3.63) is 47.8 Å². The highest BCUT2D eigenvalue weighted by Crippen LogP contribution is 2.36. The van der Waals surface area contributed by atoms with Crippen LogP contribution in [0, 0.1) is 0 Å². The molecule has 2 aromatic rings. The van der Waals surface area contributed by atoms with Crippen LogP contribution < -0.4 is 4.74 Å². The molecule has 114 valence electrons. The van der Waals surface area contributed by atoms with E-state index in [0.29, 0.717) is 6.42 Å². The number of carbonyl (C=O) groups is 1. The van der Waals surface area contributed by atoms with E-state index in [4.69, 9.17) is 4.74 Å². The van der Waals surface area contributed by atoms with Gasteiger partial charge in [0.25, 0.3) is 0 Å². The Morgan fingerprint density at radius 2 is 2.09 bits per heavy atom. The predicted molar refractivity (Wildman–Crippen MR) is 84.1 cm³/mol. The maximum atomic E-state index is 11.2. The first-order chi connectivity index (χ1) is 10.5. The molecule has 1 aliphatic carbocycles. The Labute approximate surface area is 129 Å². The maximum absolute atomic E-state index is 11.2. The lowest BCUT2D eigenvalue weighted by molar-refractivity contribution is -0.138. The van der Waals surface area contributed by atoms with Gasteiger partial charge in [0, 0.05) is 11.8 Å². The molecule has 1 aliphatic rings. The van der Waals surface area contributed by atoms with Crippen LogP contribution in [0.4, 0.5) is 0 Å². The molecule has 1 heterocycles. The minimum absolute atomic E-state index is 0.105. The van der Waals surface area contributed by atoms with Crippen molar-refractivity contribution in [3.63, 3.8) is 0 Å². The lowest BCUT2D eigenvalue weighted by Crippen LogP contribution is -2.07. The molecular formula is C18H19NO3. The maximum Gasteiger partial charge on any atom is 0.310 e. The van der Waals surface area contributed by atoms with E-state index in [1.165, 1.54) is 0 Å². The van der Waals surface area contributed by atoms with Crippen molar-refractivity contribution in [2.24, 2.45) is 0 Å². The van der Waals surface area contributed by atoms with E-state index in [0.717, 1.165) is 34.4 Å². The van der Waals surface area contributed by atoms with E-state index < -0.39 is 5.97 Å². The minimum Gasteiger partial charge on any atom is -0.489 e. The fourth-order valence-electron chi connectivity index (χ4n) is 2.97. The van der Waals surface area contributed by atoms with Crippen molar-refractivity contribution in [1.29, 1.82) is 0 Å². The molecule has 1 unspecified atom stereocenters. The number of nitrogens with zero attached hydrogens (tertiary/aromatic N) is 1. The summed E-state index contributed by atoms with van der Waals surface area (Å²) in [6.45, 7) is 3.96.